The van der Waals surface area contributed by atoms with E-state index in [9.17, 15) is 14.9 Å². The number of hydrogen-bond donors (Lipinski definition) is 0. The first-order valence-electron chi connectivity index (χ1n) is 15.6. The molecule has 2 aromatic heterocycles. The number of esters is 1. The number of imidazole rings is 1. The van der Waals surface area contributed by atoms with Crippen LogP contribution in [0.25, 0.3) is 21.9 Å². The highest BCUT2D eigenvalue weighted by molar-refractivity contribution is 6.76. The molecule has 4 aromatic rings. The van der Waals surface area contributed by atoms with Gasteiger partial charge in [0.15, 0.2) is 0 Å². The molecular formula is C35H46N4O6Si. The highest BCUT2D eigenvalue weighted by atomic mass is 28.3. The third-order valence-electron chi connectivity index (χ3n) is 7.95. The Kier molecular flexibility index (Phi) is 10.3. The Morgan fingerprint density at radius 2 is 1.83 bits per heavy atom. The normalized spacial score (nSPS) is 13.4. The van der Waals surface area contributed by atoms with Gasteiger partial charge in [-0.05, 0) is 76.1 Å². The quantitative estimate of drug-likeness (QED) is 0.0929. The lowest BCUT2D eigenvalue weighted by Crippen LogP contribution is -2.27. The Balaban J connectivity index is 1.99. The number of aryl methyl sites for hydroxylation is 1. The molecule has 246 valence electrons. The second-order valence-corrected chi connectivity index (χ2v) is 19.6. The van der Waals surface area contributed by atoms with Crippen LogP contribution in [0.1, 0.15) is 62.5 Å². The number of nitrogens with zero attached hydrogens (tertiary/aromatic N) is 4. The van der Waals surface area contributed by atoms with E-state index in [0.29, 0.717) is 41.2 Å². The molecule has 0 saturated heterocycles. The van der Waals surface area contributed by atoms with Gasteiger partial charge in [-0.25, -0.2) is 9.78 Å². The molecule has 0 saturated carbocycles. The van der Waals surface area contributed by atoms with Crippen molar-refractivity contribution >= 4 is 42.1 Å². The van der Waals surface area contributed by atoms with Gasteiger partial charge in [0.2, 0.25) is 0 Å². The molecule has 0 spiro atoms. The number of ether oxygens (including phenoxy) is 4. The Morgan fingerprint density at radius 3 is 2.43 bits per heavy atom. The SMILES string of the molecule is COC(=O)C(C)CC(c1c(OC)cc(C)c2c1ccn2C(=O)OC(C)(C)C)c1nc2ccc(C#N)cc2n1COCC[Si](C)(C)C. The lowest BCUT2D eigenvalue weighted by atomic mass is 9.85. The van der Waals surface area contributed by atoms with Crippen LogP contribution >= 0.6 is 0 Å². The minimum atomic E-state index is -1.35. The third kappa shape index (κ3) is 7.62. The topological polar surface area (TPSA) is 118 Å². The van der Waals surface area contributed by atoms with Crippen LogP contribution in [-0.4, -0.2) is 60.7 Å². The molecule has 2 aromatic carbocycles. The first-order valence-corrected chi connectivity index (χ1v) is 19.3. The summed E-state index contributed by atoms with van der Waals surface area (Å²) in [4.78, 5) is 31.3. The molecule has 0 aliphatic heterocycles. The molecule has 0 radical (unpaired) electrons. The predicted octanol–water partition coefficient (Wildman–Crippen LogP) is 7.61. The summed E-state index contributed by atoms with van der Waals surface area (Å²) >= 11 is 0. The predicted molar refractivity (Wildman–Crippen MR) is 181 cm³/mol. The monoisotopic (exact) mass is 646 g/mol. The van der Waals surface area contributed by atoms with Crippen LogP contribution in [0.4, 0.5) is 4.79 Å². The molecule has 2 atom stereocenters. The molecule has 11 heteroatoms. The van der Waals surface area contributed by atoms with Crippen molar-refractivity contribution in [2.24, 2.45) is 5.92 Å². The van der Waals surface area contributed by atoms with Gasteiger partial charge in [0.05, 0.1) is 48.3 Å². The van der Waals surface area contributed by atoms with Crippen molar-refractivity contribution in [1.82, 2.24) is 14.1 Å². The van der Waals surface area contributed by atoms with E-state index >= 15 is 0 Å². The van der Waals surface area contributed by atoms with Crippen LogP contribution in [0.15, 0.2) is 36.5 Å². The molecule has 4 rings (SSSR count). The fourth-order valence-electron chi connectivity index (χ4n) is 5.67. The Bertz CT molecular complexity index is 1790. The van der Waals surface area contributed by atoms with Crippen LogP contribution < -0.4 is 4.74 Å². The summed E-state index contributed by atoms with van der Waals surface area (Å²) in [6, 6.07) is 12.4. The van der Waals surface area contributed by atoms with Gasteiger partial charge < -0.3 is 23.5 Å². The molecule has 46 heavy (non-hydrogen) atoms. The number of carbonyl (C=O) groups is 2. The van der Waals surface area contributed by atoms with E-state index in [1.807, 2.05) is 63.5 Å². The molecule has 0 aliphatic carbocycles. The maximum Gasteiger partial charge on any atom is 0.419 e. The standard InChI is InChI=1S/C35H46N4O6Si/c1-22-18-29(42-6)30(25-13-14-38(31(22)25)34(41)45-35(3,4)5)26(17-23(2)33(40)43-7)32-37-27-12-11-24(20-36)19-28(27)39(32)21-44-15-16-46(8,9)10/h11-14,18-19,23,26H,15-17,21H2,1-10H3. The molecule has 0 amide bonds. The van der Waals surface area contributed by atoms with Crippen molar-refractivity contribution in [3.63, 3.8) is 0 Å². The minimum Gasteiger partial charge on any atom is -0.496 e. The molecular weight excluding hydrogens is 600 g/mol. The van der Waals surface area contributed by atoms with E-state index in [1.54, 1.807) is 19.4 Å². The summed E-state index contributed by atoms with van der Waals surface area (Å²) in [5, 5.41) is 10.5. The third-order valence-corrected chi connectivity index (χ3v) is 9.65. The van der Waals surface area contributed by atoms with Crippen LogP contribution in [0.2, 0.25) is 25.7 Å². The van der Waals surface area contributed by atoms with Crippen LogP contribution in [0, 0.1) is 24.2 Å². The van der Waals surface area contributed by atoms with Gasteiger partial charge in [0.1, 0.15) is 23.9 Å². The fourth-order valence-corrected chi connectivity index (χ4v) is 6.43. The van der Waals surface area contributed by atoms with E-state index in [0.717, 1.165) is 28.1 Å². The molecule has 10 nitrogen and oxygen atoms in total. The van der Waals surface area contributed by atoms with Gasteiger partial charge >= 0.3 is 12.1 Å². The highest BCUT2D eigenvalue weighted by Gasteiger charge is 2.33. The number of rotatable bonds is 11. The van der Waals surface area contributed by atoms with E-state index in [1.165, 1.54) is 11.7 Å². The number of carbonyl (C=O) groups excluding carboxylic acids is 2. The fraction of sp³-hybridized carbons (Fsp3) is 0.486. The molecule has 0 bridgehead atoms. The summed E-state index contributed by atoms with van der Waals surface area (Å²) in [5.74, 6) is -0.0772. The summed E-state index contributed by atoms with van der Waals surface area (Å²) < 4.78 is 26.6. The Morgan fingerprint density at radius 1 is 1.11 bits per heavy atom. The molecule has 0 aliphatic rings. The number of nitriles is 1. The largest absolute Gasteiger partial charge is 0.496 e. The lowest BCUT2D eigenvalue weighted by molar-refractivity contribution is -0.145. The van der Waals surface area contributed by atoms with E-state index in [2.05, 4.69) is 25.7 Å². The molecule has 2 unspecified atom stereocenters. The van der Waals surface area contributed by atoms with Crippen LogP contribution in [0.3, 0.4) is 0 Å². The number of aromatic nitrogens is 3. The van der Waals surface area contributed by atoms with Crippen molar-refractivity contribution in [3.8, 4) is 11.8 Å². The van der Waals surface area contributed by atoms with E-state index in [4.69, 9.17) is 23.9 Å². The zero-order valence-electron chi connectivity index (χ0n) is 28.7. The summed E-state index contributed by atoms with van der Waals surface area (Å²) in [7, 11) is 1.64. The Labute approximate surface area is 272 Å². The highest BCUT2D eigenvalue weighted by Crippen LogP contribution is 2.43. The number of methoxy groups -OCH3 is 2. The van der Waals surface area contributed by atoms with Crippen LogP contribution in [0.5, 0.6) is 5.75 Å². The second-order valence-electron chi connectivity index (χ2n) is 14.0. The van der Waals surface area contributed by atoms with Gasteiger partial charge in [-0.3, -0.25) is 9.36 Å². The van der Waals surface area contributed by atoms with Crippen molar-refractivity contribution in [1.29, 1.82) is 5.26 Å². The van der Waals surface area contributed by atoms with Crippen molar-refractivity contribution < 1.29 is 28.5 Å². The van der Waals surface area contributed by atoms with Gasteiger partial charge in [0, 0.05) is 37.7 Å². The zero-order valence-corrected chi connectivity index (χ0v) is 29.7. The maximum absolute atomic E-state index is 13.3. The van der Waals surface area contributed by atoms with Crippen molar-refractivity contribution in [2.75, 3.05) is 20.8 Å². The summed E-state index contributed by atoms with van der Waals surface area (Å²) in [6.45, 7) is 16.9. The van der Waals surface area contributed by atoms with Crippen molar-refractivity contribution in [3.05, 3.63) is 59.0 Å². The minimum absolute atomic E-state index is 0.213. The average molecular weight is 647 g/mol. The lowest BCUT2D eigenvalue weighted by Gasteiger charge is -2.25. The molecule has 0 fully saturated rings. The first kappa shape index (κ1) is 34.7. The van der Waals surface area contributed by atoms with Gasteiger partial charge in [-0.2, -0.15) is 5.26 Å². The average Bonchev–Trinajstić information content (AvgIpc) is 3.58. The summed E-state index contributed by atoms with van der Waals surface area (Å²) in [5.41, 5.74) is 3.57. The second kappa shape index (κ2) is 13.7. The van der Waals surface area contributed by atoms with E-state index in [-0.39, 0.29) is 12.7 Å². The number of hydrogen-bond acceptors (Lipinski definition) is 8. The van der Waals surface area contributed by atoms with Gasteiger partial charge in [-0.15, -0.1) is 0 Å². The smallest absolute Gasteiger partial charge is 0.419 e. The number of benzene rings is 2. The summed E-state index contributed by atoms with van der Waals surface area (Å²) in [6.07, 6.45) is 1.55. The Hall–Kier alpha value is -4.14. The van der Waals surface area contributed by atoms with Crippen molar-refractivity contribution in [2.45, 2.75) is 85.0 Å². The maximum atomic E-state index is 13.3. The van der Waals surface area contributed by atoms with E-state index < -0.39 is 31.6 Å². The van der Waals surface area contributed by atoms with Gasteiger partial charge in [-0.1, -0.05) is 26.6 Å². The zero-order chi connectivity index (χ0) is 34.0. The molecule has 2 heterocycles. The first-order chi connectivity index (χ1) is 21.6. The van der Waals surface area contributed by atoms with Crippen LogP contribution in [-0.2, 0) is 25.7 Å². The molecule has 0 N–H and O–H groups in total. The van der Waals surface area contributed by atoms with Gasteiger partial charge in [0.25, 0.3) is 0 Å². The number of fused-ring (bicyclic) bond motifs is 2.